The summed E-state index contributed by atoms with van der Waals surface area (Å²) in [5.41, 5.74) is 1.85. The van der Waals surface area contributed by atoms with E-state index in [4.69, 9.17) is 4.74 Å². The van der Waals surface area contributed by atoms with Crippen LogP contribution in [0.3, 0.4) is 0 Å². The molecule has 2 aromatic carbocycles. The van der Waals surface area contributed by atoms with Crippen LogP contribution in [0.4, 0.5) is 11.4 Å². The van der Waals surface area contributed by atoms with Crippen LogP contribution < -0.4 is 9.62 Å². The Hall–Kier alpha value is -2.87. The summed E-state index contributed by atoms with van der Waals surface area (Å²) in [5, 5.41) is 0. The van der Waals surface area contributed by atoms with Crippen LogP contribution >= 0.6 is 0 Å². The van der Waals surface area contributed by atoms with Crippen molar-refractivity contribution in [1.82, 2.24) is 0 Å². The van der Waals surface area contributed by atoms with Crippen LogP contribution in [0, 0.1) is 0 Å². The predicted molar refractivity (Wildman–Crippen MR) is 106 cm³/mol. The third-order valence-electron chi connectivity index (χ3n) is 4.66. The Morgan fingerprint density at radius 3 is 2.64 bits per heavy atom. The van der Waals surface area contributed by atoms with Crippen molar-refractivity contribution in [3.8, 4) is 0 Å². The first kappa shape index (κ1) is 19.9. The zero-order valence-electron chi connectivity index (χ0n) is 15.8. The molecule has 1 amide bonds. The van der Waals surface area contributed by atoms with E-state index in [-0.39, 0.29) is 22.1 Å². The van der Waals surface area contributed by atoms with Crippen molar-refractivity contribution in [2.24, 2.45) is 0 Å². The van der Waals surface area contributed by atoms with E-state index in [1.54, 1.807) is 36.1 Å². The van der Waals surface area contributed by atoms with Gasteiger partial charge in [-0.2, -0.15) is 0 Å². The van der Waals surface area contributed by atoms with Crippen LogP contribution in [0.25, 0.3) is 0 Å². The van der Waals surface area contributed by atoms with E-state index in [1.807, 2.05) is 0 Å². The minimum atomic E-state index is -3.92. The van der Waals surface area contributed by atoms with E-state index < -0.39 is 16.0 Å². The van der Waals surface area contributed by atoms with Gasteiger partial charge in [-0.05, 0) is 48.7 Å². The highest BCUT2D eigenvalue weighted by atomic mass is 32.2. The zero-order chi connectivity index (χ0) is 20.3. The predicted octanol–water partition coefficient (Wildman–Crippen LogP) is 2.96. The van der Waals surface area contributed by atoms with Crippen LogP contribution in [-0.4, -0.2) is 33.9 Å². The number of benzene rings is 2. The molecule has 7 nitrogen and oxygen atoms in total. The lowest BCUT2D eigenvalue weighted by Crippen LogP contribution is -2.35. The van der Waals surface area contributed by atoms with Crippen molar-refractivity contribution in [3.63, 3.8) is 0 Å². The molecule has 1 aliphatic rings. The van der Waals surface area contributed by atoms with E-state index in [0.717, 1.165) is 17.7 Å². The largest absolute Gasteiger partial charge is 0.465 e. The Labute approximate surface area is 164 Å². The topological polar surface area (TPSA) is 92.8 Å². The Bertz CT molecular complexity index is 1020. The van der Waals surface area contributed by atoms with Gasteiger partial charge in [-0.3, -0.25) is 9.52 Å². The average molecular weight is 402 g/mol. The second-order valence-corrected chi connectivity index (χ2v) is 8.12. The smallest absolute Gasteiger partial charge is 0.339 e. The minimum absolute atomic E-state index is 0.0155. The molecular formula is C20H22N2O5S. The second-order valence-electron chi connectivity index (χ2n) is 6.44. The molecule has 0 atom stereocenters. The van der Waals surface area contributed by atoms with Gasteiger partial charge in [0.25, 0.3) is 10.0 Å². The fraction of sp³-hybridized carbons (Fsp3) is 0.300. The maximum atomic E-state index is 12.9. The van der Waals surface area contributed by atoms with Crippen molar-refractivity contribution in [3.05, 3.63) is 53.6 Å². The normalized spacial score (nSPS) is 13.6. The molecule has 8 heteroatoms. The van der Waals surface area contributed by atoms with Gasteiger partial charge in [0, 0.05) is 18.7 Å². The van der Waals surface area contributed by atoms with E-state index >= 15 is 0 Å². The first-order chi connectivity index (χ1) is 13.4. The van der Waals surface area contributed by atoms with E-state index in [1.165, 1.54) is 25.3 Å². The number of methoxy groups -OCH3 is 1. The highest BCUT2D eigenvalue weighted by Crippen LogP contribution is 2.31. The summed E-state index contributed by atoms with van der Waals surface area (Å²) in [7, 11) is -2.68. The number of fused-ring (bicyclic) bond motifs is 1. The van der Waals surface area contributed by atoms with Crippen molar-refractivity contribution in [2.45, 2.75) is 31.1 Å². The van der Waals surface area contributed by atoms with Gasteiger partial charge in [0.15, 0.2) is 0 Å². The van der Waals surface area contributed by atoms with Crippen LogP contribution in [-0.2, 0) is 26.0 Å². The standard InChI is InChI=1S/C20H22N2O5S/c1-3-19(23)22-12-6-7-14-13-15(10-11-18(14)22)28(25,26)21-17-9-5-4-8-16(17)20(24)27-2/h4-5,8-11,13,21H,3,6-7,12H2,1-2H3. The molecular weight excluding hydrogens is 380 g/mol. The monoisotopic (exact) mass is 402 g/mol. The minimum Gasteiger partial charge on any atom is -0.465 e. The summed E-state index contributed by atoms with van der Waals surface area (Å²) in [4.78, 5) is 25.8. The molecule has 28 heavy (non-hydrogen) atoms. The Morgan fingerprint density at radius 1 is 1.18 bits per heavy atom. The van der Waals surface area contributed by atoms with Gasteiger partial charge < -0.3 is 9.64 Å². The van der Waals surface area contributed by atoms with Crippen LogP contribution in [0.2, 0.25) is 0 Å². The maximum absolute atomic E-state index is 12.9. The number of amides is 1. The maximum Gasteiger partial charge on any atom is 0.339 e. The molecule has 0 saturated heterocycles. The number of ether oxygens (including phenoxy) is 1. The molecule has 0 saturated carbocycles. The molecule has 1 N–H and O–H groups in total. The molecule has 1 aliphatic heterocycles. The number of hydrogen-bond donors (Lipinski definition) is 1. The third kappa shape index (κ3) is 3.87. The summed E-state index contributed by atoms with van der Waals surface area (Å²) >= 11 is 0. The number of rotatable bonds is 5. The molecule has 0 unspecified atom stereocenters. The number of carbonyl (C=O) groups is 2. The van der Waals surface area contributed by atoms with Crippen LogP contribution in [0.1, 0.15) is 35.7 Å². The number of anilines is 2. The third-order valence-corrected chi connectivity index (χ3v) is 6.02. The SMILES string of the molecule is CCC(=O)N1CCCc2cc(S(=O)(=O)Nc3ccccc3C(=O)OC)ccc21. The lowest BCUT2D eigenvalue weighted by molar-refractivity contribution is -0.118. The van der Waals surface area contributed by atoms with E-state index in [2.05, 4.69) is 4.72 Å². The Balaban J connectivity index is 1.94. The second kappa shape index (κ2) is 8.02. The number of carbonyl (C=O) groups excluding carboxylic acids is 2. The highest BCUT2D eigenvalue weighted by Gasteiger charge is 2.25. The van der Waals surface area contributed by atoms with Crippen molar-refractivity contribution < 1.29 is 22.7 Å². The number of hydrogen-bond acceptors (Lipinski definition) is 5. The van der Waals surface area contributed by atoms with Gasteiger partial charge in [-0.1, -0.05) is 19.1 Å². The lowest BCUT2D eigenvalue weighted by atomic mass is 10.0. The number of nitrogens with zero attached hydrogens (tertiary/aromatic N) is 1. The number of para-hydroxylation sites is 1. The van der Waals surface area contributed by atoms with Crippen molar-refractivity contribution in [1.29, 1.82) is 0 Å². The Morgan fingerprint density at radius 2 is 1.93 bits per heavy atom. The molecule has 2 aromatic rings. The molecule has 1 heterocycles. The quantitative estimate of drug-likeness (QED) is 0.776. The summed E-state index contributed by atoms with van der Waals surface area (Å²) in [6.45, 7) is 2.44. The molecule has 0 bridgehead atoms. The number of nitrogens with one attached hydrogen (secondary N) is 1. The van der Waals surface area contributed by atoms with E-state index in [0.29, 0.717) is 19.4 Å². The summed E-state index contributed by atoms with van der Waals surface area (Å²) in [6, 6.07) is 11.0. The zero-order valence-corrected chi connectivity index (χ0v) is 16.6. The summed E-state index contributed by atoms with van der Waals surface area (Å²) in [6.07, 6.45) is 1.87. The molecule has 0 spiro atoms. The molecule has 0 aromatic heterocycles. The first-order valence-electron chi connectivity index (χ1n) is 9.01. The average Bonchev–Trinajstić information content (AvgIpc) is 2.71. The number of esters is 1. The Kier molecular flexibility index (Phi) is 5.69. The summed E-state index contributed by atoms with van der Waals surface area (Å²) in [5.74, 6) is -0.612. The highest BCUT2D eigenvalue weighted by molar-refractivity contribution is 7.92. The van der Waals surface area contributed by atoms with Gasteiger partial charge in [0.2, 0.25) is 5.91 Å². The molecule has 3 rings (SSSR count). The van der Waals surface area contributed by atoms with Crippen LogP contribution in [0.15, 0.2) is 47.4 Å². The van der Waals surface area contributed by atoms with Gasteiger partial charge in [-0.25, -0.2) is 13.2 Å². The molecule has 0 radical (unpaired) electrons. The molecule has 0 fully saturated rings. The lowest BCUT2D eigenvalue weighted by Gasteiger charge is -2.29. The number of aryl methyl sites for hydroxylation is 1. The van der Waals surface area contributed by atoms with Crippen LogP contribution in [0.5, 0.6) is 0 Å². The van der Waals surface area contributed by atoms with Gasteiger partial charge in [0.1, 0.15) is 0 Å². The molecule has 148 valence electrons. The van der Waals surface area contributed by atoms with Gasteiger partial charge in [0.05, 0.1) is 23.3 Å². The molecule has 0 aliphatic carbocycles. The van der Waals surface area contributed by atoms with Gasteiger partial charge >= 0.3 is 5.97 Å². The fourth-order valence-electron chi connectivity index (χ4n) is 3.25. The van der Waals surface area contributed by atoms with Crippen molar-refractivity contribution >= 4 is 33.3 Å². The fourth-order valence-corrected chi connectivity index (χ4v) is 4.38. The van der Waals surface area contributed by atoms with Crippen molar-refractivity contribution in [2.75, 3.05) is 23.3 Å². The number of sulfonamides is 1. The summed E-state index contributed by atoms with van der Waals surface area (Å²) < 4.78 is 32.9. The van der Waals surface area contributed by atoms with Gasteiger partial charge in [-0.15, -0.1) is 0 Å². The van der Waals surface area contributed by atoms with E-state index in [9.17, 15) is 18.0 Å². The first-order valence-corrected chi connectivity index (χ1v) is 10.5.